The van der Waals surface area contributed by atoms with Crippen molar-refractivity contribution in [2.24, 2.45) is 5.10 Å². The molecule has 3 aromatic rings. The number of aromatic amines is 1. The topological polar surface area (TPSA) is 100 Å². The Morgan fingerprint density at radius 3 is 2.75 bits per heavy atom. The predicted molar refractivity (Wildman–Crippen MR) is 89.6 cm³/mol. The summed E-state index contributed by atoms with van der Waals surface area (Å²) < 4.78 is 0. The summed E-state index contributed by atoms with van der Waals surface area (Å²) in [6.07, 6.45) is 4.71. The zero-order chi connectivity index (χ0) is 16.8. The van der Waals surface area contributed by atoms with Crippen LogP contribution in [0.4, 0.5) is 0 Å². The minimum Gasteiger partial charge on any atom is -0.301 e. The number of nitrogens with zero attached hydrogens (tertiary/aromatic N) is 3. The standard InChI is InChI=1S/C17H13N5O2/c23-16(22-19-11-12-5-4-8-18-10-12)15-9-14(20-17(24)21-15)13-6-2-1-3-7-13/h1-11H,(H,22,23)(H,20,21,24)/b19-11+. The molecule has 0 bridgehead atoms. The van der Waals surface area contributed by atoms with Gasteiger partial charge in [-0.15, -0.1) is 0 Å². The lowest BCUT2D eigenvalue weighted by atomic mass is 10.1. The maximum Gasteiger partial charge on any atom is 0.346 e. The van der Waals surface area contributed by atoms with E-state index in [1.54, 1.807) is 24.5 Å². The number of hydrogen-bond acceptors (Lipinski definition) is 5. The van der Waals surface area contributed by atoms with Crippen LogP contribution >= 0.6 is 0 Å². The number of benzene rings is 1. The Morgan fingerprint density at radius 2 is 2.00 bits per heavy atom. The number of carbonyl (C=O) groups is 1. The average Bonchev–Trinajstić information content (AvgIpc) is 2.63. The number of H-pyrrole nitrogens is 1. The zero-order valence-corrected chi connectivity index (χ0v) is 12.5. The number of amides is 1. The van der Waals surface area contributed by atoms with Crippen molar-refractivity contribution < 1.29 is 4.79 Å². The van der Waals surface area contributed by atoms with E-state index in [0.717, 1.165) is 11.1 Å². The monoisotopic (exact) mass is 319 g/mol. The first-order valence-electron chi connectivity index (χ1n) is 7.12. The van der Waals surface area contributed by atoms with Gasteiger partial charge < -0.3 is 4.98 Å². The van der Waals surface area contributed by atoms with E-state index in [4.69, 9.17) is 0 Å². The first-order chi connectivity index (χ1) is 11.7. The highest BCUT2D eigenvalue weighted by molar-refractivity contribution is 5.93. The van der Waals surface area contributed by atoms with Gasteiger partial charge in [0.05, 0.1) is 11.9 Å². The summed E-state index contributed by atoms with van der Waals surface area (Å²) in [7, 11) is 0. The van der Waals surface area contributed by atoms with Gasteiger partial charge in [0.25, 0.3) is 5.91 Å². The normalized spacial score (nSPS) is 10.7. The smallest absolute Gasteiger partial charge is 0.301 e. The second-order valence-electron chi connectivity index (χ2n) is 4.84. The predicted octanol–water partition coefficient (Wildman–Crippen LogP) is 1.60. The van der Waals surface area contributed by atoms with Crippen LogP contribution in [0.3, 0.4) is 0 Å². The number of nitrogens with one attached hydrogen (secondary N) is 2. The molecule has 2 N–H and O–H groups in total. The van der Waals surface area contributed by atoms with Gasteiger partial charge in [0, 0.05) is 23.5 Å². The molecule has 0 unspecified atom stereocenters. The van der Waals surface area contributed by atoms with E-state index in [-0.39, 0.29) is 5.69 Å². The molecule has 7 heteroatoms. The van der Waals surface area contributed by atoms with Gasteiger partial charge in [-0.3, -0.25) is 9.78 Å². The van der Waals surface area contributed by atoms with Gasteiger partial charge in [-0.2, -0.15) is 10.1 Å². The van der Waals surface area contributed by atoms with Crippen molar-refractivity contribution in [2.75, 3.05) is 0 Å². The maximum atomic E-state index is 12.1. The molecule has 2 aromatic heterocycles. The molecule has 2 heterocycles. The van der Waals surface area contributed by atoms with Gasteiger partial charge in [-0.1, -0.05) is 36.4 Å². The molecule has 3 rings (SSSR count). The van der Waals surface area contributed by atoms with E-state index in [0.29, 0.717) is 5.69 Å². The fraction of sp³-hybridized carbons (Fsp3) is 0. The number of aromatic nitrogens is 3. The lowest BCUT2D eigenvalue weighted by Crippen LogP contribution is -2.24. The Labute approximate surface area is 137 Å². The summed E-state index contributed by atoms with van der Waals surface area (Å²) in [5.74, 6) is -0.535. The Hall–Kier alpha value is -3.61. The van der Waals surface area contributed by atoms with Crippen LogP contribution in [0.1, 0.15) is 16.1 Å². The maximum absolute atomic E-state index is 12.1. The molecule has 118 valence electrons. The van der Waals surface area contributed by atoms with Crippen LogP contribution in [-0.4, -0.2) is 27.1 Å². The molecule has 1 amide bonds. The van der Waals surface area contributed by atoms with Crippen molar-refractivity contribution in [2.45, 2.75) is 0 Å². The largest absolute Gasteiger partial charge is 0.346 e. The molecule has 0 saturated carbocycles. The third kappa shape index (κ3) is 3.77. The third-order valence-corrected chi connectivity index (χ3v) is 3.12. The molecule has 0 aliphatic heterocycles. The lowest BCUT2D eigenvalue weighted by molar-refractivity contribution is 0.0949. The van der Waals surface area contributed by atoms with Crippen LogP contribution in [0, 0.1) is 0 Å². The lowest BCUT2D eigenvalue weighted by Gasteiger charge is -2.03. The Morgan fingerprint density at radius 1 is 1.17 bits per heavy atom. The second-order valence-corrected chi connectivity index (χ2v) is 4.84. The van der Waals surface area contributed by atoms with Crippen molar-refractivity contribution in [1.29, 1.82) is 0 Å². The van der Waals surface area contributed by atoms with Gasteiger partial charge in [0.1, 0.15) is 5.69 Å². The van der Waals surface area contributed by atoms with Gasteiger partial charge in [0.15, 0.2) is 0 Å². The Bertz CT molecular complexity index is 920. The van der Waals surface area contributed by atoms with Gasteiger partial charge >= 0.3 is 5.69 Å². The van der Waals surface area contributed by atoms with Crippen molar-refractivity contribution >= 4 is 12.1 Å². The van der Waals surface area contributed by atoms with E-state index in [2.05, 4.69) is 25.5 Å². The number of hydrogen-bond donors (Lipinski definition) is 2. The SMILES string of the molecule is O=C(N/N=C/c1cccnc1)c1cc(-c2ccccc2)nc(=O)[nH]1. The van der Waals surface area contributed by atoms with E-state index in [1.165, 1.54) is 12.3 Å². The molecular formula is C17H13N5O2. The molecule has 0 radical (unpaired) electrons. The van der Waals surface area contributed by atoms with E-state index >= 15 is 0 Å². The second kappa shape index (κ2) is 7.10. The van der Waals surface area contributed by atoms with Gasteiger partial charge in [0.2, 0.25) is 0 Å². The highest BCUT2D eigenvalue weighted by atomic mass is 16.2. The van der Waals surface area contributed by atoms with Crippen molar-refractivity contribution in [3.63, 3.8) is 0 Å². The molecular weight excluding hydrogens is 306 g/mol. The Kier molecular flexibility index (Phi) is 4.52. The molecule has 0 aliphatic rings. The highest BCUT2D eigenvalue weighted by Crippen LogP contribution is 2.15. The summed E-state index contributed by atoms with van der Waals surface area (Å²) in [5.41, 5.74) is 3.75. The molecule has 1 aromatic carbocycles. The molecule has 0 atom stereocenters. The first-order valence-corrected chi connectivity index (χ1v) is 7.12. The summed E-state index contributed by atoms with van der Waals surface area (Å²) in [4.78, 5) is 34.0. The van der Waals surface area contributed by atoms with Crippen LogP contribution in [0.25, 0.3) is 11.3 Å². The van der Waals surface area contributed by atoms with Crippen LogP contribution in [0.2, 0.25) is 0 Å². The quantitative estimate of drug-likeness (QED) is 0.563. The average molecular weight is 319 g/mol. The molecule has 0 spiro atoms. The fourth-order valence-corrected chi connectivity index (χ4v) is 2.01. The molecule has 24 heavy (non-hydrogen) atoms. The van der Waals surface area contributed by atoms with Crippen molar-refractivity contribution in [3.8, 4) is 11.3 Å². The molecule has 0 fully saturated rings. The third-order valence-electron chi connectivity index (χ3n) is 3.12. The number of pyridine rings is 1. The number of rotatable bonds is 4. The van der Waals surface area contributed by atoms with E-state index in [1.807, 2.05) is 30.3 Å². The van der Waals surface area contributed by atoms with Gasteiger partial charge in [-0.25, -0.2) is 10.2 Å². The highest BCUT2D eigenvalue weighted by Gasteiger charge is 2.09. The summed E-state index contributed by atoms with van der Waals surface area (Å²) in [5, 5.41) is 3.84. The van der Waals surface area contributed by atoms with Crippen LogP contribution in [0.5, 0.6) is 0 Å². The number of carbonyl (C=O) groups excluding carboxylic acids is 1. The van der Waals surface area contributed by atoms with Gasteiger partial charge in [-0.05, 0) is 12.1 Å². The fourth-order valence-electron chi connectivity index (χ4n) is 2.01. The van der Waals surface area contributed by atoms with Crippen LogP contribution in [0.15, 0.2) is 70.8 Å². The van der Waals surface area contributed by atoms with Crippen LogP contribution in [-0.2, 0) is 0 Å². The summed E-state index contributed by atoms with van der Waals surface area (Å²) in [6.45, 7) is 0. The van der Waals surface area contributed by atoms with Crippen molar-refractivity contribution in [3.05, 3.63) is 82.7 Å². The molecule has 7 nitrogen and oxygen atoms in total. The number of hydrazone groups is 1. The molecule has 0 aliphatic carbocycles. The summed E-state index contributed by atoms with van der Waals surface area (Å²) >= 11 is 0. The van der Waals surface area contributed by atoms with Crippen molar-refractivity contribution in [1.82, 2.24) is 20.4 Å². The minimum absolute atomic E-state index is 0.0807. The van der Waals surface area contributed by atoms with E-state index < -0.39 is 11.6 Å². The van der Waals surface area contributed by atoms with Crippen LogP contribution < -0.4 is 11.1 Å². The van der Waals surface area contributed by atoms with E-state index in [9.17, 15) is 9.59 Å². The zero-order valence-electron chi connectivity index (χ0n) is 12.5. The first kappa shape index (κ1) is 15.3. The summed E-state index contributed by atoms with van der Waals surface area (Å²) in [6, 6.07) is 14.2. The molecule has 0 saturated heterocycles. The minimum atomic E-state index is -0.599. The Balaban J connectivity index is 1.79.